The fourth-order valence-electron chi connectivity index (χ4n) is 6.56. The van der Waals surface area contributed by atoms with Crippen LogP contribution in [-0.4, -0.2) is 104 Å². The zero-order valence-electron chi connectivity index (χ0n) is 29.4. The highest BCUT2D eigenvalue weighted by atomic mass is 19.1. The number of benzene rings is 3. The first kappa shape index (κ1) is 35.8. The Bertz CT molecular complexity index is 2010. The second kappa shape index (κ2) is 15.4. The Morgan fingerprint density at radius 3 is 2.37 bits per heavy atom. The van der Waals surface area contributed by atoms with Crippen LogP contribution in [0.15, 0.2) is 71.5 Å². The number of aromatic nitrogens is 2. The zero-order valence-corrected chi connectivity index (χ0v) is 29.4. The van der Waals surface area contributed by atoms with Gasteiger partial charge < -0.3 is 39.7 Å². The van der Waals surface area contributed by atoms with Crippen molar-refractivity contribution >= 4 is 40.4 Å². The standard InChI is InChI=1S/C36H41FN8O7.2H2/c1-23(44(30-14-13-27(50-2)21-31(30)51-3)34(47)38-25-11-9-24(37)10-12-25)32-40-29-8-6-5-7-28(29)33(46)45(32)43-19-17-41(18-20-43)36(49)42-16-15-26(22-42)39-35(48)52-4;;/h5-14,21,23,26H,15-20,22H2,1-4H3,(H,38,47)(H,39,48);2*1H/t23?,26-;;/m1../s1. The Labute approximate surface area is 302 Å². The van der Waals surface area contributed by atoms with Gasteiger partial charge >= 0.3 is 18.2 Å². The van der Waals surface area contributed by atoms with Crippen molar-refractivity contribution in [2.45, 2.75) is 25.4 Å². The molecular weight excluding hydrogens is 675 g/mol. The van der Waals surface area contributed by atoms with Gasteiger partial charge in [0.05, 0.1) is 63.1 Å². The Balaban J connectivity index is 0.00000325. The molecule has 2 saturated heterocycles. The molecule has 4 aromatic rings. The summed E-state index contributed by atoms with van der Waals surface area (Å²) in [5.41, 5.74) is 0.838. The summed E-state index contributed by atoms with van der Waals surface area (Å²) in [6.45, 7) is 3.86. The highest BCUT2D eigenvalue weighted by Crippen LogP contribution is 2.37. The van der Waals surface area contributed by atoms with Crippen molar-refractivity contribution in [1.29, 1.82) is 0 Å². The second-order valence-corrected chi connectivity index (χ2v) is 12.4. The molecule has 0 bridgehead atoms. The lowest BCUT2D eigenvalue weighted by molar-refractivity contribution is 0.152. The van der Waals surface area contributed by atoms with Crippen LogP contribution in [0.3, 0.4) is 0 Å². The van der Waals surface area contributed by atoms with Crippen molar-refractivity contribution in [3.63, 3.8) is 0 Å². The van der Waals surface area contributed by atoms with E-state index in [0.29, 0.717) is 79.5 Å². The maximum atomic E-state index is 14.3. The number of fused-ring (bicyclic) bond motifs is 1. The summed E-state index contributed by atoms with van der Waals surface area (Å²) in [5, 5.41) is 7.82. The Morgan fingerprint density at radius 1 is 0.942 bits per heavy atom. The third kappa shape index (κ3) is 7.36. The minimum Gasteiger partial charge on any atom is -0.497 e. The number of amides is 5. The summed E-state index contributed by atoms with van der Waals surface area (Å²) in [6.07, 6.45) is 0.0778. The van der Waals surface area contributed by atoms with Crippen molar-refractivity contribution in [2.24, 2.45) is 0 Å². The Kier molecular flexibility index (Phi) is 10.6. The van der Waals surface area contributed by atoms with Gasteiger partial charge in [-0.05, 0) is 61.9 Å². The number of carbonyl (C=O) groups is 3. The van der Waals surface area contributed by atoms with E-state index in [-0.39, 0.29) is 26.3 Å². The number of likely N-dealkylation sites (tertiary alicyclic amines) is 1. The van der Waals surface area contributed by atoms with E-state index < -0.39 is 24.0 Å². The second-order valence-electron chi connectivity index (χ2n) is 12.4. The molecule has 3 aromatic carbocycles. The number of piperazine rings is 1. The highest BCUT2D eigenvalue weighted by Gasteiger charge is 2.35. The molecule has 1 aromatic heterocycles. The average molecular weight is 721 g/mol. The van der Waals surface area contributed by atoms with Crippen molar-refractivity contribution in [3.05, 3.63) is 88.7 Å². The van der Waals surface area contributed by atoms with Crippen molar-refractivity contribution in [2.75, 3.05) is 75.8 Å². The molecule has 5 amide bonds. The molecule has 6 rings (SSSR count). The zero-order chi connectivity index (χ0) is 36.9. The number of anilines is 2. The first-order valence-corrected chi connectivity index (χ1v) is 16.8. The lowest BCUT2D eigenvalue weighted by Gasteiger charge is -2.40. The highest BCUT2D eigenvalue weighted by molar-refractivity contribution is 6.03. The number of rotatable bonds is 8. The molecule has 1 unspecified atom stereocenters. The van der Waals surface area contributed by atoms with E-state index in [0.717, 1.165) is 0 Å². The summed E-state index contributed by atoms with van der Waals surface area (Å²) < 4.78 is 31.0. The van der Waals surface area contributed by atoms with E-state index in [1.807, 2.05) is 5.01 Å². The predicted octanol–water partition coefficient (Wildman–Crippen LogP) is 4.65. The summed E-state index contributed by atoms with van der Waals surface area (Å²) >= 11 is 0. The number of alkyl carbamates (subject to hydrolysis) is 1. The molecule has 2 aliphatic heterocycles. The smallest absolute Gasteiger partial charge is 0.407 e. The number of nitrogens with one attached hydrogen (secondary N) is 2. The molecule has 52 heavy (non-hydrogen) atoms. The number of hydrogen-bond acceptors (Lipinski definition) is 9. The van der Waals surface area contributed by atoms with Gasteiger partial charge in [0.2, 0.25) is 0 Å². The average Bonchev–Trinajstić information content (AvgIpc) is 3.63. The molecular formula is C36H45FN8O7. The van der Waals surface area contributed by atoms with Crippen LogP contribution in [0.4, 0.5) is 30.1 Å². The van der Waals surface area contributed by atoms with Crippen LogP contribution in [0.5, 0.6) is 11.5 Å². The van der Waals surface area contributed by atoms with E-state index in [1.54, 1.807) is 59.2 Å². The predicted molar refractivity (Wildman–Crippen MR) is 197 cm³/mol. The molecule has 2 atom stereocenters. The third-order valence-corrected chi connectivity index (χ3v) is 9.28. The van der Waals surface area contributed by atoms with Gasteiger partial charge in [0.15, 0.2) is 5.82 Å². The van der Waals surface area contributed by atoms with E-state index in [2.05, 4.69) is 10.6 Å². The fourth-order valence-corrected chi connectivity index (χ4v) is 6.56. The molecule has 16 heteroatoms. The topological polar surface area (TPSA) is 151 Å². The Morgan fingerprint density at radius 2 is 1.67 bits per heavy atom. The van der Waals surface area contributed by atoms with Crippen LogP contribution < -0.4 is 35.6 Å². The quantitative estimate of drug-likeness (QED) is 0.265. The lowest BCUT2D eigenvalue weighted by Crippen LogP contribution is -2.58. The van der Waals surface area contributed by atoms with Crippen LogP contribution in [-0.2, 0) is 4.74 Å². The van der Waals surface area contributed by atoms with Crippen LogP contribution >= 0.6 is 0 Å². The summed E-state index contributed by atoms with van der Waals surface area (Å²) in [4.78, 5) is 63.5. The normalized spacial score (nSPS) is 16.3. The van der Waals surface area contributed by atoms with Gasteiger partial charge in [0.25, 0.3) is 5.56 Å². The minimum absolute atomic E-state index is 0. The number of methoxy groups -OCH3 is 3. The lowest BCUT2D eigenvalue weighted by atomic mass is 10.1. The molecule has 0 spiro atoms. The molecule has 15 nitrogen and oxygen atoms in total. The van der Waals surface area contributed by atoms with E-state index in [4.69, 9.17) is 19.2 Å². The molecule has 0 aliphatic carbocycles. The summed E-state index contributed by atoms with van der Waals surface area (Å²) in [6, 6.07) is 15.6. The Hall–Kier alpha value is -6.06. The molecule has 278 valence electrons. The molecule has 2 fully saturated rings. The number of para-hydroxylation sites is 1. The van der Waals surface area contributed by atoms with Crippen LogP contribution in [0.1, 0.15) is 28.1 Å². The van der Waals surface area contributed by atoms with Crippen LogP contribution in [0.2, 0.25) is 0 Å². The van der Waals surface area contributed by atoms with Gasteiger partial charge in [-0.15, -0.1) is 0 Å². The van der Waals surface area contributed by atoms with Gasteiger partial charge in [-0.1, -0.05) is 12.1 Å². The van der Waals surface area contributed by atoms with Crippen molar-refractivity contribution < 1.29 is 35.8 Å². The van der Waals surface area contributed by atoms with Gasteiger partial charge in [0, 0.05) is 40.8 Å². The van der Waals surface area contributed by atoms with Crippen molar-refractivity contribution in [1.82, 2.24) is 24.8 Å². The SMILES string of the molecule is COC(=O)N[C@@H]1CCN(C(=O)N2CCN(n3c(C(C)N(C(=O)Nc4ccc(F)cc4)c4ccc(OC)cc4OC)nc4ccccc4c3=O)CC2)C1.[HH].[HH]. The first-order chi connectivity index (χ1) is 25.1. The molecule has 3 heterocycles. The monoisotopic (exact) mass is 720 g/mol. The number of carbonyl (C=O) groups excluding carboxylic acids is 3. The number of urea groups is 2. The number of halogens is 1. The maximum absolute atomic E-state index is 14.3. The molecule has 2 N–H and O–H groups in total. The van der Waals surface area contributed by atoms with Gasteiger partial charge in [0.1, 0.15) is 17.3 Å². The minimum atomic E-state index is -0.872. The molecule has 2 aliphatic rings. The summed E-state index contributed by atoms with van der Waals surface area (Å²) in [7, 11) is 4.29. The van der Waals surface area contributed by atoms with Crippen LogP contribution in [0, 0.1) is 5.82 Å². The van der Waals surface area contributed by atoms with E-state index in [9.17, 15) is 23.6 Å². The molecule has 0 saturated carbocycles. The van der Waals surface area contributed by atoms with E-state index >= 15 is 0 Å². The third-order valence-electron chi connectivity index (χ3n) is 9.28. The largest absolute Gasteiger partial charge is 0.497 e. The fraction of sp³-hybridized carbons (Fsp3) is 0.361. The van der Waals surface area contributed by atoms with Crippen LogP contribution in [0.25, 0.3) is 10.9 Å². The number of ether oxygens (including phenoxy) is 3. The number of hydrogen-bond donors (Lipinski definition) is 2. The van der Waals surface area contributed by atoms with Gasteiger partial charge in [-0.25, -0.2) is 28.4 Å². The number of nitrogens with zero attached hydrogens (tertiary/aromatic N) is 6. The van der Waals surface area contributed by atoms with Crippen molar-refractivity contribution in [3.8, 4) is 11.5 Å². The van der Waals surface area contributed by atoms with Gasteiger partial charge in [-0.3, -0.25) is 9.69 Å². The summed E-state index contributed by atoms with van der Waals surface area (Å²) in [5.74, 6) is 0.649. The first-order valence-electron chi connectivity index (χ1n) is 16.8. The maximum Gasteiger partial charge on any atom is 0.407 e. The van der Waals surface area contributed by atoms with Gasteiger partial charge in [-0.2, -0.15) is 0 Å². The van der Waals surface area contributed by atoms with E-state index in [1.165, 1.54) is 55.2 Å². The molecule has 0 radical (unpaired) electrons.